The Bertz CT molecular complexity index is 476. The number of carboxylic acids is 1. The molecule has 0 spiro atoms. The first-order valence-corrected chi connectivity index (χ1v) is 7.41. The summed E-state index contributed by atoms with van der Waals surface area (Å²) in [4.78, 5) is 21.8. The van der Waals surface area contributed by atoms with Gasteiger partial charge in [0.2, 0.25) is 0 Å². The molecule has 0 aliphatic carbocycles. The molecule has 0 saturated heterocycles. The van der Waals surface area contributed by atoms with Gasteiger partial charge in [-0.1, -0.05) is 17.7 Å². The van der Waals surface area contributed by atoms with Crippen LogP contribution in [0.2, 0.25) is 0 Å². The Kier molecular flexibility index (Phi) is 6.93. The van der Waals surface area contributed by atoms with E-state index in [4.69, 9.17) is 9.84 Å². The van der Waals surface area contributed by atoms with Crippen molar-refractivity contribution in [3.8, 4) is 5.75 Å². The van der Waals surface area contributed by atoms with E-state index < -0.39 is 5.97 Å². The van der Waals surface area contributed by atoms with Gasteiger partial charge >= 0.3 is 5.97 Å². The van der Waals surface area contributed by atoms with E-state index in [1.54, 1.807) is 0 Å². The monoisotopic (exact) mass is 297 g/mol. The van der Waals surface area contributed by atoms with E-state index >= 15 is 0 Å². The van der Waals surface area contributed by atoms with Crippen molar-refractivity contribution < 1.29 is 19.4 Å². The fourth-order valence-electron chi connectivity index (χ4n) is 1.58. The summed E-state index contributed by atoms with van der Waals surface area (Å²) in [6, 6.07) is 5.78. The van der Waals surface area contributed by atoms with Crippen molar-refractivity contribution in [2.24, 2.45) is 0 Å². The summed E-state index contributed by atoms with van der Waals surface area (Å²) in [5.41, 5.74) is 2.14. The van der Waals surface area contributed by atoms with Crippen molar-refractivity contribution >= 4 is 23.6 Å². The molecule has 6 heteroatoms. The molecule has 0 bridgehead atoms. The quantitative estimate of drug-likeness (QED) is 0.713. The van der Waals surface area contributed by atoms with Gasteiger partial charge in [0.15, 0.2) is 6.61 Å². The maximum Gasteiger partial charge on any atom is 0.313 e. The number of carboxylic acid groups (broad SMARTS) is 1. The minimum Gasteiger partial charge on any atom is -0.484 e. The molecule has 0 fully saturated rings. The van der Waals surface area contributed by atoms with Gasteiger partial charge in [0.05, 0.1) is 5.75 Å². The molecule has 110 valence electrons. The number of thioether (sulfide) groups is 1. The molecule has 2 N–H and O–H groups in total. The molecule has 0 heterocycles. The number of aryl methyl sites for hydroxylation is 2. The molecule has 1 aromatic carbocycles. The fraction of sp³-hybridized carbons (Fsp3) is 0.429. The van der Waals surface area contributed by atoms with Crippen LogP contribution in [0.25, 0.3) is 0 Å². The topological polar surface area (TPSA) is 75.6 Å². The number of benzene rings is 1. The Labute approximate surface area is 122 Å². The van der Waals surface area contributed by atoms with Gasteiger partial charge < -0.3 is 15.2 Å². The third kappa shape index (κ3) is 6.47. The third-order valence-corrected chi connectivity index (χ3v) is 3.43. The summed E-state index contributed by atoms with van der Waals surface area (Å²) in [5, 5.41) is 11.1. The molecular weight excluding hydrogens is 278 g/mol. The first-order valence-electron chi connectivity index (χ1n) is 6.25. The second-order valence-corrected chi connectivity index (χ2v) is 5.46. The number of aliphatic carboxylic acids is 1. The maximum absolute atomic E-state index is 11.5. The highest BCUT2D eigenvalue weighted by molar-refractivity contribution is 7.99. The van der Waals surface area contributed by atoms with Crippen molar-refractivity contribution in [1.82, 2.24) is 5.32 Å². The van der Waals surface area contributed by atoms with Crippen molar-refractivity contribution in [2.75, 3.05) is 24.7 Å². The lowest BCUT2D eigenvalue weighted by Gasteiger charge is -2.10. The summed E-state index contributed by atoms with van der Waals surface area (Å²) in [6.07, 6.45) is 0. The van der Waals surface area contributed by atoms with E-state index in [-0.39, 0.29) is 18.3 Å². The van der Waals surface area contributed by atoms with Gasteiger partial charge in [0.1, 0.15) is 5.75 Å². The van der Waals surface area contributed by atoms with E-state index in [2.05, 4.69) is 5.32 Å². The first kappa shape index (κ1) is 16.4. The van der Waals surface area contributed by atoms with E-state index in [1.165, 1.54) is 11.8 Å². The van der Waals surface area contributed by atoms with Crippen molar-refractivity contribution in [2.45, 2.75) is 13.8 Å². The molecule has 0 atom stereocenters. The molecule has 0 radical (unpaired) electrons. The van der Waals surface area contributed by atoms with Crippen LogP contribution in [0.4, 0.5) is 0 Å². The predicted molar refractivity (Wildman–Crippen MR) is 79.4 cm³/mol. The fourth-order valence-corrected chi connectivity index (χ4v) is 2.14. The molecule has 0 aromatic heterocycles. The average molecular weight is 297 g/mol. The summed E-state index contributed by atoms with van der Waals surface area (Å²) >= 11 is 1.27. The van der Waals surface area contributed by atoms with Crippen LogP contribution in [0, 0.1) is 13.8 Å². The summed E-state index contributed by atoms with van der Waals surface area (Å²) in [5.74, 6) is 0.266. The zero-order chi connectivity index (χ0) is 15.0. The Hall–Kier alpha value is -1.69. The van der Waals surface area contributed by atoms with Crippen LogP contribution in [0.3, 0.4) is 0 Å². The molecule has 1 rings (SSSR count). The van der Waals surface area contributed by atoms with Gasteiger partial charge in [-0.3, -0.25) is 9.59 Å². The molecule has 0 saturated carbocycles. The van der Waals surface area contributed by atoms with Crippen molar-refractivity contribution in [3.63, 3.8) is 0 Å². The standard InChI is InChI=1S/C14H19NO4S/c1-10-3-4-12(11(2)7-10)19-8-13(16)15-5-6-20-9-14(17)18/h3-4,7H,5-6,8-9H2,1-2H3,(H,15,16)(H,17,18). The van der Waals surface area contributed by atoms with Crippen LogP contribution >= 0.6 is 11.8 Å². The predicted octanol–water partition coefficient (Wildman–Crippen LogP) is 1.62. The molecule has 20 heavy (non-hydrogen) atoms. The van der Waals surface area contributed by atoms with Crippen LogP contribution in [-0.2, 0) is 9.59 Å². The van der Waals surface area contributed by atoms with Gasteiger partial charge in [0, 0.05) is 12.3 Å². The van der Waals surface area contributed by atoms with E-state index in [0.29, 0.717) is 18.0 Å². The van der Waals surface area contributed by atoms with Crippen molar-refractivity contribution in [3.05, 3.63) is 29.3 Å². The molecule has 1 amide bonds. The Morgan fingerprint density at radius 3 is 2.75 bits per heavy atom. The lowest BCUT2D eigenvalue weighted by atomic mass is 10.1. The average Bonchev–Trinajstić information content (AvgIpc) is 2.37. The highest BCUT2D eigenvalue weighted by Crippen LogP contribution is 2.18. The largest absolute Gasteiger partial charge is 0.484 e. The molecular formula is C14H19NO4S. The SMILES string of the molecule is Cc1ccc(OCC(=O)NCCSCC(=O)O)c(C)c1. The first-order chi connectivity index (χ1) is 9.49. The normalized spacial score (nSPS) is 10.1. The van der Waals surface area contributed by atoms with Crippen LogP contribution in [0.1, 0.15) is 11.1 Å². The van der Waals surface area contributed by atoms with Gasteiger partial charge in [-0.2, -0.15) is 0 Å². The third-order valence-electron chi connectivity index (χ3n) is 2.48. The lowest BCUT2D eigenvalue weighted by Crippen LogP contribution is -2.30. The van der Waals surface area contributed by atoms with E-state index in [9.17, 15) is 9.59 Å². The summed E-state index contributed by atoms with van der Waals surface area (Å²) in [6.45, 7) is 4.33. The molecule has 0 aliphatic heterocycles. The number of nitrogens with one attached hydrogen (secondary N) is 1. The van der Waals surface area contributed by atoms with Crippen LogP contribution in [0.15, 0.2) is 18.2 Å². The second-order valence-electron chi connectivity index (χ2n) is 4.35. The molecule has 1 aromatic rings. The van der Waals surface area contributed by atoms with Gasteiger partial charge in [-0.15, -0.1) is 11.8 Å². The zero-order valence-corrected chi connectivity index (χ0v) is 12.5. The minimum atomic E-state index is -0.848. The Morgan fingerprint density at radius 1 is 1.35 bits per heavy atom. The van der Waals surface area contributed by atoms with E-state index in [0.717, 1.165) is 11.1 Å². The minimum absolute atomic E-state index is 0.0342. The molecule has 0 aliphatic rings. The lowest BCUT2D eigenvalue weighted by molar-refractivity contribution is -0.133. The van der Waals surface area contributed by atoms with Gasteiger partial charge in [0.25, 0.3) is 5.91 Å². The second kappa shape index (κ2) is 8.47. The highest BCUT2D eigenvalue weighted by atomic mass is 32.2. The Morgan fingerprint density at radius 2 is 2.10 bits per heavy atom. The highest BCUT2D eigenvalue weighted by Gasteiger charge is 2.05. The van der Waals surface area contributed by atoms with Gasteiger partial charge in [-0.05, 0) is 25.5 Å². The number of hydrogen-bond donors (Lipinski definition) is 2. The summed E-state index contributed by atoms with van der Waals surface area (Å²) < 4.78 is 5.44. The maximum atomic E-state index is 11.5. The van der Waals surface area contributed by atoms with Gasteiger partial charge in [-0.25, -0.2) is 0 Å². The van der Waals surface area contributed by atoms with Crippen molar-refractivity contribution in [1.29, 1.82) is 0 Å². The van der Waals surface area contributed by atoms with Crippen LogP contribution < -0.4 is 10.1 Å². The summed E-state index contributed by atoms with van der Waals surface area (Å²) in [7, 11) is 0. The number of ether oxygens (including phenoxy) is 1. The number of amides is 1. The number of hydrogen-bond acceptors (Lipinski definition) is 4. The Balaban J connectivity index is 2.21. The molecule has 0 unspecified atom stereocenters. The molecule has 5 nitrogen and oxygen atoms in total. The smallest absolute Gasteiger partial charge is 0.313 e. The number of carbonyl (C=O) groups excluding carboxylic acids is 1. The van der Waals surface area contributed by atoms with Crippen LogP contribution in [0.5, 0.6) is 5.75 Å². The zero-order valence-electron chi connectivity index (χ0n) is 11.6. The number of rotatable bonds is 8. The van der Waals surface area contributed by atoms with Crippen LogP contribution in [-0.4, -0.2) is 41.6 Å². The van der Waals surface area contributed by atoms with E-state index in [1.807, 2.05) is 32.0 Å². The number of carbonyl (C=O) groups is 2.